The van der Waals surface area contributed by atoms with Crippen molar-refractivity contribution in [3.8, 4) is 11.1 Å². The SMILES string of the molecule is CCOC(=O)C(C)CC(CC)Cc1ccc(-c2cccc(Cl)c2)cc1. The van der Waals surface area contributed by atoms with Crippen LogP contribution in [0, 0.1) is 11.8 Å². The molecule has 134 valence electrons. The molecule has 0 amide bonds. The summed E-state index contributed by atoms with van der Waals surface area (Å²) in [5.74, 6) is 0.351. The first-order chi connectivity index (χ1) is 12.0. The smallest absolute Gasteiger partial charge is 0.308 e. The molecule has 0 aliphatic rings. The number of hydrogen-bond acceptors (Lipinski definition) is 2. The molecule has 0 heterocycles. The maximum absolute atomic E-state index is 11.8. The van der Waals surface area contributed by atoms with Crippen molar-refractivity contribution in [1.29, 1.82) is 0 Å². The molecule has 0 aliphatic carbocycles. The van der Waals surface area contributed by atoms with Gasteiger partial charge in [0, 0.05) is 5.02 Å². The molecule has 0 saturated carbocycles. The van der Waals surface area contributed by atoms with E-state index in [9.17, 15) is 4.79 Å². The van der Waals surface area contributed by atoms with Crippen LogP contribution in [0.3, 0.4) is 0 Å². The summed E-state index contributed by atoms with van der Waals surface area (Å²) in [5, 5.41) is 0.751. The van der Waals surface area contributed by atoms with Crippen LogP contribution < -0.4 is 0 Å². The summed E-state index contributed by atoms with van der Waals surface area (Å²) >= 11 is 6.07. The standard InChI is InChI=1S/C22H27ClO2/c1-4-17(13-16(3)22(24)25-5-2)14-18-9-11-19(12-10-18)20-7-6-8-21(23)15-20/h6-12,15-17H,4-5,13-14H2,1-3H3. The molecule has 2 aromatic carbocycles. The molecule has 0 fully saturated rings. The van der Waals surface area contributed by atoms with Crippen molar-refractivity contribution in [2.24, 2.45) is 11.8 Å². The fraction of sp³-hybridized carbons (Fsp3) is 0.409. The first-order valence-corrected chi connectivity index (χ1v) is 9.42. The van der Waals surface area contributed by atoms with E-state index >= 15 is 0 Å². The van der Waals surface area contributed by atoms with E-state index in [2.05, 4.69) is 37.3 Å². The lowest BCUT2D eigenvalue weighted by Crippen LogP contribution is -2.19. The fourth-order valence-electron chi connectivity index (χ4n) is 3.11. The minimum absolute atomic E-state index is 0.0457. The van der Waals surface area contributed by atoms with Crippen molar-refractivity contribution in [2.45, 2.75) is 40.0 Å². The first kappa shape index (κ1) is 19.5. The zero-order valence-electron chi connectivity index (χ0n) is 15.3. The molecule has 25 heavy (non-hydrogen) atoms. The number of hydrogen-bond donors (Lipinski definition) is 0. The van der Waals surface area contributed by atoms with Crippen molar-refractivity contribution in [3.05, 3.63) is 59.1 Å². The summed E-state index contributed by atoms with van der Waals surface area (Å²) < 4.78 is 5.12. The predicted octanol–water partition coefficient (Wildman–Crippen LogP) is 6.17. The van der Waals surface area contributed by atoms with Gasteiger partial charge in [0.25, 0.3) is 0 Å². The van der Waals surface area contributed by atoms with Crippen LogP contribution in [0.1, 0.15) is 39.2 Å². The van der Waals surface area contributed by atoms with Gasteiger partial charge in [0.1, 0.15) is 0 Å². The first-order valence-electron chi connectivity index (χ1n) is 9.05. The molecule has 2 atom stereocenters. The summed E-state index contributed by atoms with van der Waals surface area (Å²) in [6.45, 7) is 6.44. The van der Waals surface area contributed by atoms with Gasteiger partial charge in [0.15, 0.2) is 0 Å². The quantitative estimate of drug-likeness (QED) is 0.528. The molecule has 0 saturated heterocycles. The van der Waals surface area contributed by atoms with Crippen molar-refractivity contribution < 1.29 is 9.53 Å². The number of carbonyl (C=O) groups excluding carboxylic acids is 1. The zero-order chi connectivity index (χ0) is 18.2. The third kappa shape index (κ3) is 5.89. The second-order valence-corrected chi connectivity index (χ2v) is 7.01. The highest BCUT2D eigenvalue weighted by Crippen LogP contribution is 2.25. The average Bonchev–Trinajstić information content (AvgIpc) is 2.61. The van der Waals surface area contributed by atoms with Gasteiger partial charge in [-0.3, -0.25) is 4.79 Å². The maximum Gasteiger partial charge on any atom is 0.308 e. The van der Waals surface area contributed by atoms with E-state index in [0.29, 0.717) is 12.5 Å². The van der Waals surface area contributed by atoms with Gasteiger partial charge in [-0.1, -0.05) is 68.3 Å². The second kappa shape index (κ2) is 9.62. The summed E-state index contributed by atoms with van der Waals surface area (Å²) in [6, 6.07) is 16.5. The molecule has 2 unspecified atom stereocenters. The minimum atomic E-state index is -0.0859. The molecule has 0 spiro atoms. The number of halogens is 1. The normalized spacial score (nSPS) is 13.3. The van der Waals surface area contributed by atoms with Gasteiger partial charge in [0.05, 0.1) is 12.5 Å². The minimum Gasteiger partial charge on any atom is -0.466 e. The van der Waals surface area contributed by atoms with Crippen LogP contribution >= 0.6 is 11.6 Å². The Morgan fingerprint density at radius 2 is 1.80 bits per heavy atom. The van der Waals surface area contributed by atoms with E-state index in [1.807, 2.05) is 32.0 Å². The van der Waals surface area contributed by atoms with Crippen molar-refractivity contribution in [2.75, 3.05) is 6.61 Å². The molecule has 0 radical (unpaired) electrons. The van der Waals surface area contributed by atoms with E-state index in [1.54, 1.807) is 0 Å². The molecule has 0 N–H and O–H groups in total. The molecular formula is C22H27ClO2. The van der Waals surface area contributed by atoms with Crippen LogP contribution in [0.25, 0.3) is 11.1 Å². The Morgan fingerprint density at radius 3 is 2.40 bits per heavy atom. The van der Waals surface area contributed by atoms with Crippen LogP contribution in [0.2, 0.25) is 5.02 Å². The van der Waals surface area contributed by atoms with Gasteiger partial charge in [-0.2, -0.15) is 0 Å². The van der Waals surface area contributed by atoms with Gasteiger partial charge in [-0.25, -0.2) is 0 Å². The second-order valence-electron chi connectivity index (χ2n) is 6.57. The number of ether oxygens (including phenoxy) is 1. The Morgan fingerprint density at radius 1 is 1.08 bits per heavy atom. The van der Waals surface area contributed by atoms with Crippen molar-refractivity contribution >= 4 is 17.6 Å². The topological polar surface area (TPSA) is 26.3 Å². The molecule has 2 nitrogen and oxygen atoms in total. The lowest BCUT2D eigenvalue weighted by molar-refractivity contribution is -0.148. The van der Waals surface area contributed by atoms with Gasteiger partial charge in [0.2, 0.25) is 0 Å². The van der Waals surface area contributed by atoms with E-state index < -0.39 is 0 Å². The molecule has 3 heteroatoms. The van der Waals surface area contributed by atoms with Crippen molar-refractivity contribution in [1.82, 2.24) is 0 Å². The summed E-state index contributed by atoms with van der Waals surface area (Å²) in [6.07, 6.45) is 2.90. The molecule has 0 aromatic heterocycles. The number of rotatable bonds is 8. The number of carbonyl (C=O) groups is 1. The fourth-order valence-corrected chi connectivity index (χ4v) is 3.30. The summed E-state index contributed by atoms with van der Waals surface area (Å²) in [7, 11) is 0. The Bertz CT molecular complexity index is 679. The Balaban J connectivity index is 2.00. The molecule has 2 rings (SSSR count). The van der Waals surface area contributed by atoms with E-state index in [0.717, 1.165) is 29.8 Å². The molecule has 2 aromatic rings. The monoisotopic (exact) mass is 358 g/mol. The highest BCUT2D eigenvalue weighted by Gasteiger charge is 2.19. The maximum atomic E-state index is 11.8. The highest BCUT2D eigenvalue weighted by molar-refractivity contribution is 6.30. The van der Waals surface area contributed by atoms with Crippen LogP contribution in [0.15, 0.2) is 48.5 Å². The van der Waals surface area contributed by atoms with Gasteiger partial charge < -0.3 is 4.74 Å². The third-order valence-electron chi connectivity index (χ3n) is 4.59. The Labute approximate surface area is 156 Å². The zero-order valence-corrected chi connectivity index (χ0v) is 16.1. The van der Waals surface area contributed by atoms with Crippen LogP contribution in [-0.4, -0.2) is 12.6 Å². The van der Waals surface area contributed by atoms with Gasteiger partial charge in [-0.15, -0.1) is 0 Å². The largest absolute Gasteiger partial charge is 0.466 e. The molecule has 0 bridgehead atoms. The van der Waals surface area contributed by atoms with E-state index in [-0.39, 0.29) is 11.9 Å². The lowest BCUT2D eigenvalue weighted by atomic mass is 9.88. The van der Waals surface area contributed by atoms with E-state index in [4.69, 9.17) is 16.3 Å². The third-order valence-corrected chi connectivity index (χ3v) is 4.82. The average molecular weight is 359 g/mol. The lowest BCUT2D eigenvalue weighted by Gasteiger charge is -2.19. The molecular weight excluding hydrogens is 332 g/mol. The number of esters is 1. The van der Waals surface area contributed by atoms with E-state index in [1.165, 1.54) is 11.1 Å². The molecule has 0 aliphatic heterocycles. The summed E-state index contributed by atoms with van der Waals surface area (Å²) in [4.78, 5) is 11.8. The van der Waals surface area contributed by atoms with Gasteiger partial charge >= 0.3 is 5.97 Å². The number of benzene rings is 2. The Kier molecular flexibility index (Phi) is 7.52. The van der Waals surface area contributed by atoms with Crippen LogP contribution in [-0.2, 0) is 16.0 Å². The van der Waals surface area contributed by atoms with Crippen LogP contribution in [0.4, 0.5) is 0 Å². The predicted molar refractivity (Wildman–Crippen MR) is 105 cm³/mol. The highest BCUT2D eigenvalue weighted by atomic mass is 35.5. The summed E-state index contributed by atoms with van der Waals surface area (Å²) in [5.41, 5.74) is 3.59. The van der Waals surface area contributed by atoms with Crippen LogP contribution in [0.5, 0.6) is 0 Å². The Hall–Kier alpha value is -1.80. The van der Waals surface area contributed by atoms with Gasteiger partial charge in [-0.05, 0) is 54.5 Å². The van der Waals surface area contributed by atoms with Crippen molar-refractivity contribution in [3.63, 3.8) is 0 Å².